The van der Waals surface area contributed by atoms with E-state index in [9.17, 15) is 18.8 Å². The zero-order valence-electron chi connectivity index (χ0n) is 18.9. The average Bonchev–Trinajstić information content (AvgIpc) is 2.86. The van der Waals surface area contributed by atoms with Crippen molar-refractivity contribution in [2.45, 2.75) is 31.2 Å². The Balaban J connectivity index is 1.55. The van der Waals surface area contributed by atoms with Crippen molar-refractivity contribution in [2.75, 3.05) is 18.4 Å². The number of nitriles is 1. The van der Waals surface area contributed by atoms with Crippen LogP contribution in [0.5, 0.6) is 0 Å². The van der Waals surface area contributed by atoms with E-state index < -0.39 is 17.7 Å². The van der Waals surface area contributed by atoms with E-state index in [1.165, 1.54) is 6.07 Å². The van der Waals surface area contributed by atoms with Crippen molar-refractivity contribution < 1.29 is 13.6 Å². The van der Waals surface area contributed by atoms with Crippen LogP contribution in [0.4, 0.5) is 19.3 Å². The summed E-state index contributed by atoms with van der Waals surface area (Å²) in [7, 11) is 0. The Morgan fingerprint density at radius 1 is 1.03 bits per heavy atom. The largest absolute Gasteiger partial charge is 0.335 e. The highest BCUT2D eigenvalue weighted by Gasteiger charge is 2.40. The molecule has 1 fully saturated rings. The summed E-state index contributed by atoms with van der Waals surface area (Å²) in [4.78, 5) is 12.7. The summed E-state index contributed by atoms with van der Waals surface area (Å²) in [6, 6.07) is 20.1. The van der Waals surface area contributed by atoms with Gasteiger partial charge in [0.25, 0.3) is 0 Å². The van der Waals surface area contributed by atoms with Crippen molar-refractivity contribution in [2.24, 2.45) is 0 Å². The molecule has 34 heavy (non-hydrogen) atoms. The summed E-state index contributed by atoms with van der Waals surface area (Å²) in [6.45, 7) is 3.58. The first-order valence-electron chi connectivity index (χ1n) is 11.3. The number of amides is 2. The molecular weight excluding hydrogens is 434 g/mol. The number of benzene rings is 3. The maximum absolute atomic E-state index is 14.0. The number of hydrogen-bond donors (Lipinski definition) is 3. The molecule has 3 N–H and O–H groups in total. The number of rotatable bonds is 5. The third-order valence-electron chi connectivity index (χ3n) is 6.64. The standard InChI is InChI=1S/C27H26F2N4O/c1-18(32-26(34)33-25-10-9-23(28)16-24(25)29)27(11-13-31-14-12-27)22-7-5-20(6-8-22)21-4-2-3-19(15-21)17-30/h2-10,15-16,18,31H,11-14H2,1H3,(H2,32,33,34). The fraction of sp³-hybridized carbons (Fsp3) is 0.259. The van der Waals surface area contributed by atoms with E-state index >= 15 is 0 Å². The van der Waals surface area contributed by atoms with Gasteiger partial charge in [0.15, 0.2) is 0 Å². The van der Waals surface area contributed by atoms with Crippen LogP contribution in [0.1, 0.15) is 30.9 Å². The van der Waals surface area contributed by atoms with Crippen molar-refractivity contribution in [3.63, 3.8) is 0 Å². The Labute approximate surface area is 197 Å². The summed E-state index contributed by atoms with van der Waals surface area (Å²) in [5.41, 5.74) is 3.31. The van der Waals surface area contributed by atoms with Crippen LogP contribution in [-0.4, -0.2) is 25.2 Å². The van der Waals surface area contributed by atoms with Gasteiger partial charge in [-0.1, -0.05) is 36.4 Å². The molecule has 1 atom stereocenters. The second-order valence-corrected chi connectivity index (χ2v) is 8.62. The maximum atomic E-state index is 14.0. The first-order valence-corrected chi connectivity index (χ1v) is 11.3. The topological polar surface area (TPSA) is 77.0 Å². The predicted molar refractivity (Wildman–Crippen MR) is 128 cm³/mol. The van der Waals surface area contributed by atoms with E-state index in [2.05, 4.69) is 34.2 Å². The van der Waals surface area contributed by atoms with Crippen LogP contribution in [0.2, 0.25) is 0 Å². The SMILES string of the molecule is CC(NC(=O)Nc1ccc(F)cc1F)C1(c2ccc(-c3cccc(C#N)c3)cc2)CCNCC1. The second-order valence-electron chi connectivity index (χ2n) is 8.62. The number of piperidine rings is 1. The zero-order valence-corrected chi connectivity index (χ0v) is 18.9. The fourth-order valence-electron chi connectivity index (χ4n) is 4.69. The molecule has 3 aromatic rings. The fourth-order valence-corrected chi connectivity index (χ4v) is 4.69. The first-order chi connectivity index (χ1) is 16.4. The van der Waals surface area contributed by atoms with Gasteiger partial charge in [-0.15, -0.1) is 0 Å². The highest BCUT2D eigenvalue weighted by Crippen LogP contribution is 2.38. The van der Waals surface area contributed by atoms with Gasteiger partial charge in [-0.25, -0.2) is 13.6 Å². The summed E-state index contributed by atoms with van der Waals surface area (Å²) >= 11 is 0. The van der Waals surface area contributed by atoms with Gasteiger partial charge in [-0.2, -0.15) is 5.26 Å². The molecule has 3 aromatic carbocycles. The highest BCUT2D eigenvalue weighted by atomic mass is 19.1. The van der Waals surface area contributed by atoms with Crippen molar-refractivity contribution in [3.05, 3.63) is 89.5 Å². The Bertz CT molecular complexity index is 1210. The Morgan fingerprint density at radius 3 is 2.44 bits per heavy atom. The molecule has 0 bridgehead atoms. The molecule has 1 unspecified atom stereocenters. The van der Waals surface area contributed by atoms with E-state index in [0.29, 0.717) is 5.56 Å². The van der Waals surface area contributed by atoms with Crippen molar-refractivity contribution >= 4 is 11.7 Å². The molecule has 0 aromatic heterocycles. The molecular formula is C27H26F2N4O. The summed E-state index contributed by atoms with van der Waals surface area (Å²) in [5.74, 6) is -1.52. The molecule has 2 amide bonds. The van der Waals surface area contributed by atoms with Crippen LogP contribution in [0.3, 0.4) is 0 Å². The number of halogens is 2. The lowest BCUT2D eigenvalue weighted by Crippen LogP contribution is -2.54. The summed E-state index contributed by atoms with van der Waals surface area (Å²) in [5, 5.41) is 18.0. The Morgan fingerprint density at radius 2 is 1.76 bits per heavy atom. The minimum Gasteiger partial charge on any atom is -0.335 e. The van der Waals surface area contributed by atoms with Crippen molar-refractivity contribution in [1.29, 1.82) is 5.26 Å². The number of hydrogen-bond acceptors (Lipinski definition) is 3. The lowest BCUT2D eigenvalue weighted by atomic mass is 9.68. The van der Waals surface area contributed by atoms with Crippen LogP contribution in [-0.2, 0) is 5.41 Å². The number of carbonyl (C=O) groups excluding carboxylic acids is 1. The van der Waals surface area contributed by atoms with Gasteiger partial charge in [-0.3, -0.25) is 0 Å². The van der Waals surface area contributed by atoms with Gasteiger partial charge in [0.2, 0.25) is 0 Å². The first kappa shape index (κ1) is 23.4. The average molecular weight is 461 g/mol. The highest BCUT2D eigenvalue weighted by molar-refractivity contribution is 5.89. The zero-order chi connectivity index (χ0) is 24.1. The van der Waals surface area contributed by atoms with Gasteiger partial charge < -0.3 is 16.0 Å². The quantitative estimate of drug-likeness (QED) is 0.481. The predicted octanol–water partition coefficient (Wildman–Crippen LogP) is 5.33. The smallest absolute Gasteiger partial charge is 0.319 e. The molecule has 5 nitrogen and oxygen atoms in total. The second kappa shape index (κ2) is 10.0. The number of nitrogens with one attached hydrogen (secondary N) is 3. The number of nitrogens with zero attached hydrogens (tertiary/aromatic N) is 1. The number of carbonyl (C=O) groups is 1. The monoisotopic (exact) mass is 460 g/mol. The molecule has 1 heterocycles. The minimum atomic E-state index is -0.824. The van der Waals surface area contributed by atoms with Gasteiger partial charge in [0.1, 0.15) is 11.6 Å². The molecule has 0 aliphatic carbocycles. The molecule has 0 radical (unpaired) electrons. The van der Waals surface area contributed by atoms with Gasteiger partial charge in [0.05, 0.1) is 17.3 Å². The molecule has 7 heteroatoms. The van der Waals surface area contributed by atoms with Crippen LogP contribution in [0, 0.1) is 23.0 Å². The van der Waals surface area contributed by atoms with Crippen molar-refractivity contribution in [1.82, 2.24) is 10.6 Å². The molecule has 1 aliphatic rings. The van der Waals surface area contributed by atoms with Crippen LogP contribution in [0.15, 0.2) is 66.7 Å². The molecule has 4 rings (SSSR count). The van der Waals surface area contributed by atoms with Gasteiger partial charge in [0, 0.05) is 17.5 Å². The van der Waals surface area contributed by atoms with Crippen LogP contribution in [0.25, 0.3) is 11.1 Å². The Hall–Kier alpha value is -3.76. The molecule has 0 saturated carbocycles. The third-order valence-corrected chi connectivity index (χ3v) is 6.64. The van der Waals surface area contributed by atoms with E-state index in [1.54, 1.807) is 6.07 Å². The van der Waals surface area contributed by atoms with Gasteiger partial charge >= 0.3 is 6.03 Å². The molecule has 1 saturated heterocycles. The third kappa shape index (κ3) is 4.92. The summed E-state index contributed by atoms with van der Waals surface area (Å²) in [6.07, 6.45) is 1.64. The molecule has 0 spiro atoms. The molecule has 174 valence electrons. The summed E-state index contributed by atoms with van der Waals surface area (Å²) < 4.78 is 27.1. The van der Waals surface area contributed by atoms with Crippen LogP contribution >= 0.6 is 0 Å². The minimum absolute atomic E-state index is 0.0746. The van der Waals surface area contributed by atoms with Gasteiger partial charge in [-0.05, 0) is 73.8 Å². The Kier molecular flexibility index (Phi) is 6.90. The number of anilines is 1. The lowest BCUT2D eigenvalue weighted by molar-refractivity contribution is 0.218. The maximum Gasteiger partial charge on any atom is 0.319 e. The van der Waals surface area contributed by atoms with E-state index in [-0.39, 0.29) is 17.1 Å². The van der Waals surface area contributed by atoms with E-state index in [4.69, 9.17) is 0 Å². The molecule has 1 aliphatic heterocycles. The van der Waals surface area contributed by atoms with Crippen molar-refractivity contribution in [3.8, 4) is 17.2 Å². The van der Waals surface area contributed by atoms with E-state index in [1.807, 2.05) is 37.3 Å². The van der Waals surface area contributed by atoms with Crippen LogP contribution < -0.4 is 16.0 Å². The van der Waals surface area contributed by atoms with E-state index in [0.717, 1.165) is 54.8 Å². The normalized spacial score (nSPS) is 15.7. The number of urea groups is 1. The lowest BCUT2D eigenvalue weighted by Gasteiger charge is -2.43.